The van der Waals surface area contributed by atoms with E-state index in [1.165, 1.54) is 11.1 Å². The van der Waals surface area contributed by atoms with Gasteiger partial charge in [-0.2, -0.15) is 13.5 Å². The summed E-state index contributed by atoms with van der Waals surface area (Å²) in [5.41, 5.74) is 2.40. The van der Waals surface area contributed by atoms with Crippen molar-refractivity contribution in [2.45, 2.75) is 6.42 Å². The average Bonchev–Trinajstić information content (AvgIpc) is 2.35. The van der Waals surface area contributed by atoms with Gasteiger partial charge in [-0.3, -0.25) is 0 Å². The van der Waals surface area contributed by atoms with E-state index in [-0.39, 0.29) is 13.5 Å². The lowest BCUT2D eigenvalue weighted by atomic mass is 10.0. The normalized spacial score (nSPS) is 11.6. The summed E-state index contributed by atoms with van der Waals surface area (Å²) in [7, 11) is 1.68. The Bertz CT molecular complexity index is 537. The van der Waals surface area contributed by atoms with E-state index in [4.69, 9.17) is 9.47 Å². The quantitative estimate of drug-likeness (QED) is 0.654. The van der Waals surface area contributed by atoms with Gasteiger partial charge in [-0.15, -0.1) is 0 Å². The van der Waals surface area contributed by atoms with Crippen molar-refractivity contribution in [3.63, 3.8) is 0 Å². The molecule has 3 heteroatoms. The van der Waals surface area contributed by atoms with Crippen LogP contribution >= 0.6 is 13.5 Å². The number of fused-ring (bicyclic) bond motifs is 2. The Morgan fingerprint density at radius 3 is 2.59 bits per heavy atom. The van der Waals surface area contributed by atoms with Gasteiger partial charge < -0.3 is 9.47 Å². The maximum Gasteiger partial charge on any atom is 0.131 e. The van der Waals surface area contributed by atoms with E-state index in [0.29, 0.717) is 0 Å². The van der Waals surface area contributed by atoms with Crippen LogP contribution in [0.15, 0.2) is 42.5 Å². The standard InChI is InChI=1S/C14H12O2.H2S/c1-15-12-6-7-14-11(9-12)8-10-4-2-3-5-13(10)16-14;/h2-7,9H,8H2,1H3;1H2. The number of para-hydroxylation sites is 1. The molecular formula is C14H14O2S. The van der Waals surface area contributed by atoms with Crippen LogP contribution in [0.3, 0.4) is 0 Å². The lowest BCUT2D eigenvalue weighted by Gasteiger charge is -2.20. The van der Waals surface area contributed by atoms with Gasteiger partial charge in [0, 0.05) is 12.0 Å². The molecular weight excluding hydrogens is 232 g/mol. The Labute approximate surface area is 108 Å². The molecule has 0 aromatic heterocycles. The fourth-order valence-corrected chi connectivity index (χ4v) is 1.99. The maximum absolute atomic E-state index is 5.82. The SMILES string of the molecule is COc1ccc2c(c1)Cc1ccccc1O2.S. The van der Waals surface area contributed by atoms with Crippen LogP contribution in [0, 0.1) is 0 Å². The highest BCUT2D eigenvalue weighted by Gasteiger charge is 2.16. The van der Waals surface area contributed by atoms with Crippen LogP contribution in [-0.4, -0.2) is 7.11 Å². The van der Waals surface area contributed by atoms with Crippen molar-refractivity contribution in [1.29, 1.82) is 0 Å². The molecule has 0 radical (unpaired) electrons. The first-order valence-corrected chi connectivity index (χ1v) is 5.29. The lowest BCUT2D eigenvalue weighted by molar-refractivity contribution is 0.410. The summed E-state index contributed by atoms with van der Waals surface area (Å²) in [4.78, 5) is 0. The number of hydrogen-bond donors (Lipinski definition) is 0. The van der Waals surface area contributed by atoms with Crippen LogP contribution in [0.5, 0.6) is 17.2 Å². The Morgan fingerprint density at radius 1 is 1.00 bits per heavy atom. The third-order valence-corrected chi connectivity index (χ3v) is 2.84. The molecule has 88 valence electrons. The molecule has 0 bridgehead atoms. The minimum atomic E-state index is 0. The number of methoxy groups -OCH3 is 1. The molecule has 0 atom stereocenters. The van der Waals surface area contributed by atoms with Crippen molar-refractivity contribution >= 4 is 13.5 Å². The second kappa shape index (κ2) is 4.72. The summed E-state index contributed by atoms with van der Waals surface area (Å²) in [5.74, 6) is 2.77. The van der Waals surface area contributed by atoms with Crippen LogP contribution in [0.25, 0.3) is 0 Å². The number of ether oxygens (including phenoxy) is 2. The van der Waals surface area contributed by atoms with E-state index >= 15 is 0 Å². The van der Waals surface area contributed by atoms with Gasteiger partial charge in [-0.05, 0) is 29.8 Å². The van der Waals surface area contributed by atoms with Gasteiger partial charge >= 0.3 is 0 Å². The fraction of sp³-hybridized carbons (Fsp3) is 0.143. The first-order chi connectivity index (χ1) is 7.86. The van der Waals surface area contributed by atoms with E-state index < -0.39 is 0 Å². The molecule has 3 rings (SSSR count). The minimum Gasteiger partial charge on any atom is -0.497 e. The van der Waals surface area contributed by atoms with Gasteiger partial charge in [0.2, 0.25) is 0 Å². The Morgan fingerprint density at radius 2 is 1.76 bits per heavy atom. The van der Waals surface area contributed by atoms with Crippen molar-refractivity contribution in [3.8, 4) is 17.2 Å². The molecule has 0 saturated carbocycles. The molecule has 0 aliphatic carbocycles. The summed E-state index contributed by atoms with van der Waals surface area (Å²) >= 11 is 0. The highest BCUT2D eigenvalue weighted by atomic mass is 32.1. The average molecular weight is 246 g/mol. The van der Waals surface area contributed by atoms with Gasteiger partial charge in [0.05, 0.1) is 7.11 Å². The van der Waals surface area contributed by atoms with Crippen molar-refractivity contribution < 1.29 is 9.47 Å². The minimum absolute atomic E-state index is 0. The van der Waals surface area contributed by atoms with E-state index in [1.807, 2.05) is 36.4 Å². The van der Waals surface area contributed by atoms with E-state index in [0.717, 1.165) is 23.7 Å². The number of hydrogen-bond acceptors (Lipinski definition) is 2. The van der Waals surface area contributed by atoms with Crippen LogP contribution in [-0.2, 0) is 6.42 Å². The van der Waals surface area contributed by atoms with Gasteiger partial charge in [-0.25, -0.2) is 0 Å². The van der Waals surface area contributed by atoms with Crippen LogP contribution in [0.2, 0.25) is 0 Å². The molecule has 1 heterocycles. The maximum atomic E-state index is 5.82. The highest BCUT2D eigenvalue weighted by Crippen LogP contribution is 2.37. The van der Waals surface area contributed by atoms with Gasteiger partial charge in [-0.1, -0.05) is 18.2 Å². The third-order valence-electron chi connectivity index (χ3n) is 2.84. The van der Waals surface area contributed by atoms with E-state index in [2.05, 4.69) is 6.07 Å². The molecule has 0 saturated heterocycles. The molecule has 2 aromatic rings. The summed E-state index contributed by atoms with van der Waals surface area (Å²) < 4.78 is 11.0. The summed E-state index contributed by atoms with van der Waals surface area (Å²) in [6.45, 7) is 0. The second-order valence-electron chi connectivity index (χ2n) is 3.86. The molecule has 0 unspecified atom stereocenters. The molecule has 0 N–H and O–H groups in total. The highest BCUT2D eigenvalue weighted by molar-refractivity contribution is 7.59. The molecule has 17 heavy (non-hydrogen) atoms. The number of benzene rings is 2. The molecule has 1 aliphatic heterocycles. The molecule has 0 amide bonds. The van der Waals surface area contributed by atoms with Crippen LogP contribution in [0.1, 0.15) is 11.1 Å². The first-order valence-electron chi connectivity index (χ1n) is 5.29. The monoisotopic (exact) mass is 246 g/mol. The van der Waals surface area contributed by atoms with Gasteiger partial charge in [0.1, 0.15) is 17.2 Å². The smallest absolute Gasteiger partial charge is 0.131 e. The third kappa shape index (κ3) is 2.11. The van der Waals surface area contributed by atoms with Crippen molar-refractivity contribution in [1.82, 2.24) is 0 Å². The van der Waals surface area contributed by atoms with Crippen molar-refractivity contribution in [2.75, 3.05) is 7.11 Å². The predicted molar refractivity (Wildman–Crippen MR) is 72.7 cm³/mol. The summed E-state index contributed by atoms with van der Waals surface area (Å²) in [6.07, 6.45) is 0.905. The zero-order valence-corrected chi connectivity index (χ0v) is 10.6. The Balaban J connectivity index is 0.00000108. The second-order valence-corrected chi connectivity index (χ2v) is 3.86. The van der Waals surface area contributed by atoms with E-state index in [1.54, 1.807) is 7.11 Å². The number of rotatable bonds is 1. The molecule has 1 aliphatic rings. The molecule has 0 spiro atoms. The summed E-state index contributed by atoms with van der Waals surface area (Å²) in [5, 5.41) is 0. The van der Waals surface area contributed by atoms with Gasteiger partial charge in [0.15, 0.2) is 0 Å². The van der Waals surface area contributed by atoms with Crippen molar-refractivity contribution in [2.24, 2.45) is 0 Å². The van der Waals surface area contributed by atoms with Crippen LogP contribution in [0.4, 0.5) is 0 Å². The Kier molecular flexibility index (Phi) is 3.29. The first kappa shape index (κ1) is 11.9. The lowest BCUT2D eigenvalue weighted by Crippen LogP contribution is -2.02. The van der Waals surface area contributed by atoms with Gasteiger partial charge in [0.25, 0.3) is 0 Å². The zero-order chi connectivity index (χ0) is 11.0. The predicted octanol–water partition coefficient (Wildman–Crippen LogP) is 3.50. The van der Waals surface area contributed by atoms with E-state index in [9.17, 15) is 0 Å². The van der Waals surface area contributed by atoms with Crippen LogP contribution < -0.4 is 9.47 Å². The topological polar surface area (TPSA) is 18.5 Å². The molecule has 2 aromatic carbocycles. The summed E-state index contributed by atoms with van der Waals surface area (Å²) in [6, 6.07) is 14.0. The fourth-order valence-electron chi connectivity index (χ4n) is 1.99. The largest absolute Gasteiger partial charge is 0.497 e. The zero-order valence-electron chi connectivity index (χ0n) is 9.57. The molecule has 0 fully saturated rings. The van der Waals surface area contributed by atoms with Crippen molar-refractivity contribution in [3.05, 3.63) is 53.6 Å². The Hall–Kier alpha value is -1.61. The molecule has 2 nitrogen and oxygen atoms in total.